The van der Waals surface area contributed by atoms with Gasteiger partial charge in [-0.05, 0) is 18.0 Å². The van der Waals surface area contributed by atoms with Gasteiger partial charge in [0.25, 0.3) is 0 Å². The molecule has 1 aromatic carbocycles. The van der Waals surface area contributed by atoms with Gasteiger partial charge in [0, 0.05) is 32.2 Å². The van der Waals surface area contributed by atoms with E-state index in [-0.39, 0.29) is 6.10 Å². The lowest BCUT2D eigenvalue weighted by Gasteiger charge is -2.20. The first-order valence-electron chi connectivity index (χ1n) is 5.68. The first kappa shape index (κ1) is 12.8. The summed E-state index contributed by atoms with van der Waals surface area (Å²) in [4.78, 5) is 1.00. The predicted molar refractivity (Wildman–Crippen MR) is 66.1 cm³/mol. The molecular formula is C11H18N3O2S+. The molecular weight excluding hydrogens is 238 g/mol. The van der Waals surface area contributed by atoms with Crippen molar-refractivity contribution < 1.29 is 15.8 Å². The number of nitrogens with two attached hydrogens (primary N) is 1. The first-order valence-corrected chi connectivity index (χ1v) is 6.45. The number of β-amino-alcohol motifs (C(OH)–C–C–N with tert-alkyl or cyclic N) is 1. The fourth-order valence-corrected chi connectivity index (χ4v) is 2.83. The minimum Gasteiger partial charge on any atom is -0.390 e. The maximum Gasteiger partial charge on any atom is 0.176 e. The van der Waals surface area contributed by atoms with E-state index in [0.29, 0.717) is 13.1 Å². The monoisotopic (exact) mass is 256 g/mol. The number of quaternary nitrogens is 1. The Balaban J connectivity index is 2.03. The van der Waals surface area contributed by atoms with Crippen LogP contribution in [0.1, 0.15) is 0 Å². The Morgan fingerprint density at radius 1 is 1.41 bits per heavy atom. The number of aliphatic hydroxyl groups excluding tert-OH is 1. The molecule has 0 aromatic heterocycles. The molecule has 6 heteroatoms. The molecule has 94 valence electrons. The van der Waals surface area contributed by atoms with Crippen molar-refractivity contribution in [3.63, 3.8) is 0 Å². The third-order valence-electron chi connectivity index (χ3n) is 2.62. The van der Waals surface area contributed by atoms with E-state index in [2.05, 4.69) is 9.62 Å². The second-order valence-electron chi connectivity index (χ2n) is 4.00. The van der Waals surface area contributed by atoms with Gasteiger partial charge in [-0.2, -0.15) is 5.48 Å². The minimum atomic E-state index is -0.338. The van der Waals surface area contributed by atoms with Crippen LogP contribution in [0.5, 0.6) is 0 Å². The molecule has 1 fully saturated rings. The zero-order valence-corrected chi connectivity index (χ0v) is 10.4. The zero-order valence-electron chi connectivity index (χ0n) is 9.54. The molecule has 1 atom stereocenters. The van der Waals surface area contributed by atoms with Gasteiger partial charge >= 0.3 is 0 Å². The van der Waals surface area contributed by atoms with E-state index in [9.17, 15) is 5.11 Å². The molecule has 5 nitrogen and oxygen atoms in total. The zero-order chi connectivity index (χ0) is 12.1. The van der Waals surface area contributed by atoms with E-state index < -0.39 is 0 Å². The van der Waals surface area contributed by atoms with Gasteiger partial charge in [-0.15, -0.1) is 0 Å². The Kier molecular flexibility index (Phi) is 4.78. The molecule has 1 aliphatic heterocycles. The molecule has 0 spiro atoms. The maximum absolute atomic E-state index is 9.69. The average Bonchev–Trinajstić information content (AvgIpc) is 2.54. The van der Waals surface area contributed by atoms with Crippen molar-refractivity contribution in [1.29, 1.82) is 0 Å². The summed E-state index contributed by atoms with van der Waals surface area (Å²) in [6, 6.07) is 7.68. The number of benzene rings is 1. The number of nitrogens with one attached hydrogen (secondary N) is 1. The van der Waals surface area contributed by atoms with Gasteiger partial charge in [-0.25, -0.2) is 9.51 Å². The van der Waals surface area contributed by atoms with Gasteiger partial charge in [0.15, 0.2) is 5.69 Å². The molecule has 1 aliphatic rings. The molecule has 1 unspecified atom stereocenters. The van der Waals surface area contributed by atoms with Crippen LogP contribution in [0.4, 0.5) is 5.69 Å². The summed E-state index contributed by atoms with van der Waals surface area (Å²) in [6.45, 7) is 3.03. The second kappa shape index (κ2) is 6.34. The lowest BCUT2D eigenvalue weighted by molar-refractivity contribution is -0.827. The molecule has 1 heterocycles. The highest BCUT2D eigenvalue weighted by molar-refractivity contribution is 7.97. The summed E-state index contributed by atoms with van der Waals surface area (Å²) in [7, 11) is 0. The Morgan fingerprint density at radius 3 is 3.06 bits per heavy atom. The number of para-hydroxylation sites is 1. The summed E-state index contributed by atoms with van der Waals surface area (Å²) in [5.74, 6) is 0. The van der Waals surface area contributed by atoms with Gasteiger partial charge < -0.3 is 10.4 Å². The molecule has 1 saturated heterocycles. The highest BCUT2D eigenvalue weighted by Gasteiger charge is 2.18. The van der Waals surface area contributed by atoms with Gasteiger partial charge in [0.05, 0.1) is 11.0 Å². The van der Waals surface area contributed by atoms with E-state index in [0.717, 1.165) is 29.2 Å². The summed E-state index contributed by atoms with van der Waals surface area (Å²) < 4.78 is 2.12. The third kappa shape index (κ3) is 3.67. The largest absolute Gasteiger partial charge is 0.390 e. The standard InChI is InChI=1S/C11H17N3O2S/c15-9-7-12-5-6-14(8-9)17-11-4-2-1-3-10(11)13-16/h1-4,9,12-13,15-16H,5-8H2/p+1. The number of rotatable bonds is 3. The van der Waals surface area contributed by atoms with Gasteiger partial charge in [-0.3, -0.25) is 0 Å². The number of hydrogen-bond acceptors (Lipinski definition) is 5. The number of hydrogen-bond donors (Lipinski definition) is 4. The van der Waals surface area contributed by atoms with Crippen LogP contribution in [0.3, 0.4) is 0 Å². The fourth-order valence-electron chi connectivity index (χ4n) is 1.76. The average molecular weight is 256 g/mol. The summed E-state index contributed by atoms with van der Waals surface area (Å²) in [5, 5.41) is 22.0. The molecule has 0 saturated carbocycles. The van der Waals surface area contributed by atoms with E-state index in [4.69, 9.17) is 5.21 Å². The number of aliphatic hydroxyl groups is 1. The molecule has 0 aliphatic carbocycles. The maximum atomic E-state index is 9.69. The Hall–Kier alpha value is -0.630. The summed E-state index contributed by atoms with van der Waals surface area (Å²) in [5.41, 5.74) is 1.93. The highest BCUT2D eigenvalue weighted by atomic mass is 32.2. The van der Waals surface area contributed by atoms with Gasteiger partial charge in [0.1, 0.15) is 0 Å². The smallest absolute Gasteiger partial charge is 0.176 e. The molecule has 0 amide bonds. The third-order valence-corrected chi connectivity index (χ3v) is 3.78. The topological polar surface area (TPSA) is 72.3 Å². The van der Waals surface area contributed by atoms with Crippen molar-refractivity contribution in [3.8, 4) is 0 Å². The van der Waals surface area contributed by atoms with Crippen LogP contribution in [0, 0.1) is 0 Å². The molecule has 5 N–H and O–H groups in total. The van der Waals surface area contributed by atoms with Crippen molar-refractivity contribution in [2.75, 3.05) is 26.2 Å². The van der Waals surface area contributed by atoms with Crippen molar-refractivity contribution in [1.82, 2.24) is 9.62 Å². The van der Waals surface area contributed by atoms with Crippen LogP contribution in [0.15, 0.2) is 29.2 Å². The quantitative estimate of drug-likeness (QED) is 0.335. The van der Waals surface area contributed by atoms with Crippen molar-refractivity contribution in [2.45, 2.75) is 11.0 Å². The van der Waals surface area contributed by atoms with Crippen molar-refractivity contribution in [2.24, 2.45) is 0 Å². The highest BCUT2D eigenvalue weighted by Crippen LogP contribution is 2.27. The normalized spacial score (nSPS) is 22.4. The molecule has 2 rings (SSSR count). The van der Waals surface area contributed by atoms with E-state index in [1.165, 1.54) is 0 Å². The van der Waals surface area contributed by atoms with Crippen LogP contribution < -0.4 is 10.8 Å². The fraction of sp³-hybridized carbons (Fsp3) is 0.455. The van der Waals surface area contributed by atoms with Crippen LogP contribution in [0.2, 0.25) is 0 Å². The van der Waals surface area contributed by atoms with Gasteiger partial charge in [-0.1, -0.05) is 12.1 Å². The van der Waals surface area contributed by atoms with Crippen LogP contribution in [-0.4, -0.2) is 46.9 Å². The SMILES string of the molecule is O[NH2+]c1ccccc1SN1CCNCC(O)C1. The van der Waals surface area contributed by atoms with Crippen molar-refractivity contribution >= 4 is 17.6 Å². The number of nitrogens with zero attached hydrogens (tertiary/aromatic N) is 1. The second-order valence-corrected chi connectivity index (χ2v) is 5.14. The van der Waals surface area contributed by atoms with Crippen LogP contribution in [0.25, 0.3) is 0 Å². The predicted octanol–water partition coefficient (Wildman–Crippen LogP) is -0.456. The van der Waals surface area contributed by atoms with E-state index in [1.54, 1.807) is 11.9 Å². The van der Waals surface area contributed by atoms with E-state index in [1.807, 2.05) is 24.3 Å². The van der Waals surface area contributed by atoms with Gasteiger partial charge in [0.2, 0.25) is 0 Å². The van der Waals surface area contributed by atoms with Crippen molar-refractivity contribution in [3.05, 3.63) is 24.3 Å². The first-order chi connectivity index (χ1) is 8.29. The summed E-state index contributed by atoms with van der Waals surface area (Å²) in [6.07, 6.45) is -0.338. The molecule has 0 bridgehead atoms. The Labute approximate surface area is 105 Å². The molecule has 0 radical (unpaired) electrons. The van der Waals surface area contributed by atoms with Crippen LogP contribution in [-0.2, 0) is 0 Å². The Bertz CT molecular complexity index is 364. The van der Waals surface area contributed by atoms with E-state index >= 15 is 0 Å². The molecule has 17 heavy (non-hydrogen) atoms. The lowest BCUT2D eigenvalue weighted by atomic mass is 10.3. The Morgan fingerprint density at radius 2 is 2.24 bits per heavy atom. The molecule has 1 aromatic rings. The lowest BCUT2D eigenvalue weighted by Crippen LogP contribution is -2.74. The minimum absolute atomic E-state index is 0.338. The van der Waals surface area contributed by atoms with Crippen LogP contribution >= 0.6 is 11.9 Å². The summed E-state index contributed by atoms with van der Waals surface area (Å²) >= 11 is 1.57.